The summed E-state index contributed by atoms with van der Waals surface area (Å²) in [5.41, 5.74) is 5.52. The largest absolute Gasteiger partial charge is 0.327 e. The summed E-state index contributed by atoms with van der Waals surface area (Å²) < 4.78 is 2.01. The van der Waals surface area contributed by atoms with Gasteiger partial charge in [-0.3, -0.25) is 0 Å². The van der Waals surface area contributed by atoms with Gasteiger partial charge in [-0.2, -0.15) is 0 Å². The maximum atomic E-state index is 5.52. The summed E-state index contributed by atoms with van der Waals surface area (Å²) >= 11 is 1.64. The van der Waals surface area contributed by atoms with Crippen molar-refractivity contribution >= 4 is 11.3 Å². The van der Waals surface area contributed by atoms with Gasteiger partial charge in [0.15, 0.2) is 0 Å². The van der Waals surface area contributed by atoms with Crippen molar-refractivity contribution in [1.82, 2.24) is 14.5 Å². The molecule has 0 aliphatic carbocycles. The Hall–Kier alpha value is -1.20. The third kappa shape index (κ3) is 1.76. The first-order valence-corrected chi connectivity index (χ1v) is 4.86. The topological polar surface area (TPSA) is 56.7 Å². The zero-order valence-corrected chi connectivity index (χ0v) is 7.87. The minimum Gasteiger partial charge on any atom is -0.327 e. The van der Waals surface area contributed by atoms with Crippen LogP contribution in [0.1, 0.15) is 10.8 Å². The van der Waals surface area contributed by atoms with Gasteiger partial charge in [0.1, 0.15) is 10.8 Å². The van der Waals surface area contributed by atoms with Crippen molar-refractivity contribution in [3.63, 3.8) is 0 Å². The first-order chi connectivity index (χ1) is 6.40. The molecule has 0 spiro atoms. The Kier molecular flexibility index (Phi) is 2.37. The fourth-order valence-electron chi connectivity index (χ4n) is 1.15. The molecule has 0 aromatic carbocycles. The van der Waals surface area contributed by atoms with E-state index in [0.29, 0.717) is 6.54 Å². The maximum absolute atomic E-state index is 5.52. The van der Waals surface area contributed by atoms with E-state index in [1.807, 2.05) is 16.1 Å². The minimum absolute atomic E-state index is 0.471. The molecule has 68 valence electrons. The Morgan fingerprint density at radius 1 is 1.38 bits per heavy atom. The fourth-order valence-corrected chi connectivity index (χ4v) is 1.76. The van der Waals surface area contributed by atoms with Crippen LogP contribution in [0.4, 0.5) is 0 Å². The lowest BCUT2D eigenvalue weighted by Gasteiger charge is -2.02. The van der Waals surface area contributed by atoms with E-state index >= 15 is 0 Å². The summed E-state index contributed by atoms with van der Waals surface area (Å²) in [7, 11) is 0. The molecule has 0 fully saturated rings. The van der Waals surface area contributed by atoms with Crippen molar-refractivity contribution < 1.29 is 0 Å². The van der Waals surface area contributed by atoms with Crippen molar-refractivity contribution in [3.8, 4) is 0 Å². The second kappa shape index (κ2) is 3.68. The molecule has 0 saturated carbocycles. The van der Waals surface area contributed by atoms with Crippen LogP contribution in [0.2, 0.25) is 0 Å². The van der Waals surface area contributed by atoms with Crippen LogP contribution in [0.15, 0.2) is 24.0 Å². The number of imidazole rings is 1. The van der Waals surface area contributed by atoms with Crippen LogP contribution in [-0.4, -0.2) is 14.5 Å². The molecule has 2 rings (SSSR count). The van der Waals surface area contributed by atoms with Gasteiger partial charge in [-0.1, -0.05) is 0 Å². The number of hydrogen-bond acceptors (Lipinski definition) is 4. The fraction of sp³-hybridized carbons (Fsp3) is 0.250. The Morgan fingerprint density at radius 3 is 3.00 bits per heavy atom. The molecular formula is C8H10N4S. The van der Waals surface area contributed by atoms with Crippen molar-refractivity contribution in [3.05, 3.63) is 34.8 Å². The molecule has 2 N–H and O–H groups in total. The standard InChI is InChI=1S/C8H10N4S/c9-5-7-10-1-3-12(7)6-8-11-2-4-13-8/h1-4H,5-6,9H2. The maximum Gasteiger partial charge on any atom is 0.122 e. The first kappa shape index (κ1) is 8.40. The van der Waals surface area contributed by atoms with Gasteiger partial charge in [-0.05, 0) is 0 Å². The van der Waals surface area contributed by atoms with Gasteiger partial charge in [-0.25, -0.2) is 9.97 Å². The summed E-state index contributed by atoms with van der Waals surface area (Å²) in [5.74, 6) is 0.898. The average molecular weight is 194 g/mol. The van der Waals surface area contributed by atoms with Gasteiger partial charge >= 0.3 is 0 Å². The van der Waals surface area contributed by atoms with Crippen molar-refractivity contribution in [2.75, 3.05) is 0 Å². The highest BCUT2D eigenvalue weighted by atomic mass is 32.1. The van der Waals surface area contributed by atoms with Crippen LogP contribution in [0.5, 0.6) is 0 Å². The van der Waals surface area contributed by atoms with Gasteiger partial charge in [0, 0.05) is 24.0 Å². The van der Waals surface area contributed by atoms with E-state index < -0.39 is 0 Å². The minimum atomic E-state index is 0.471. The van der Waals surface area contributed by atoms with Crippen molar-refractivity contribution in [2.24, 2.45) is 5.73 Å². The van der Waals surface area contributed by atoms with E-state index in [1.165, 1.54) is 0 Å². The van der Waals surface area contributed by atoms with E-state index in [4.69, 9.17) is 5.73 Å². The van der Waals surface area contributed by atoms with Crippen LogP contribution in [0, 0.1) is 0 Å². The second-order valence-corrected chi connectivity index (χ2v) is 3.58. The summed E-state index contributed by atoms with van der Waals surface area (Å²) in [4.78, 5) is 8.33. The molecule has 5 heteroatoms. The zero-order valence-electron chi connectivity index (χ0n) is 7.05. The van der Waals surface area contributed by atoms with Crippen LogP contribution in [-0.2, 0) is 13.1 Å². The molecule has 4 nitrogen and oxygen atoms in total. The molecular weight excluding hydrogens is 184 g/mol. The molecule has 2 aromatic heterocycles. The quantitative estimate of drug-likeness (QED) is 0.788. The molecule has 2 heterocycles. The van der Waals surface area contributed by atoms with E-state index in [1.54, 1.807) is 23.7 Å². The van der Waals surface area contributed by atoms with Crippen LogP contribution < -0.4 is 5.73 Å². The van der Waals surface area contributed by atoms with E-state index in [2.05, 4.69) is 9.97 Å². The normalized spacial score (nSPS) is 10.5. The summed E-state index contributed by atoms with van der Waals surface area (Å²) in [6, 6.07) is 0. The van der Waals surface area contributed by atoms with Crippen LogP contribution in [0.25, 0.3) is 0 Å². The van der Waals surface area contributed by atoms with Gasteiger partial charge in [-0.15, -0.1) is 11.3 Å². The molecule has 13 heavy (non-hydrogen) atoms. The lowest BCUT2D eigenvalue weighted by Crippen LogP contribution is -2.08. The molecule has 0 radical (unpaired) electrons. The zero-order chi connectivity index (χ0) is 9.10. The molecule has 0 amide bonds. The summed E-state index contributed by atoms with van der Waals surface area (Å²) in [5, 5.41) is 3.04. The third-order valence-electron chi connectivity index (χ3n) is 1.77. The summed E-state index contributed by atoms with van der Waals surface area (Å²) in [6.07, 6.45) is 5.48. The molecule has 0 bridgehead atoms. The van der Waals surface area contributed by atoms with Gasteiger partial charge in [0.05, 0.1) is 13.1 Å². The Morgan fingerprint density at radius 2 is 2.31 bits per heavy atom. The first-order valence-electron chi connectivity index (χ1n) is 3.98. The lowest BCUT2D eigenvalue weighted by molar-refractivity contribution is 0.720. The highest BCUT2D eigenvalue weighted by molar-refractivity contribution is 7.09. The van der Waals surface area contributed by atoms with Crippen molar-refractivity contribution in [2.45, 2.75) is 13.1 Å². The highest BCUT2D eigenvalue weighted by Crippen LogP contribution is 2.07. The molecule has 0 aliphatic rings. The number of nitrogens with two attached hydrogens (primary N) is 1. The van der Waals surface area contributed by atoms with Crippen molar-refractivity contribution in [1.29, 1.82) is 0 Å². The monoisotopic (exact) mass is 194 g/mol. The number of nitrogens with zero attached hydrogens (tertiary/aromatic N) is 3. The second-order valence-electron chi connectivity index (χ2n) is 2.60. The number of thiazole rings is 1. The van der Waals surface area contributed by atoms with E-state index in [0.717, 1.165) is 17.4 Å². The predicted molar refractivity (Wildman–Crippen MR) is 51.3 cm³/mol. The smallest absolute Gasteiger partial charge is 0.122 e. The SMILES string of the molecule is NCc1nccn1Cc1nccs1. The summed E-state index contributed by atoms with van der Waals surface area (Å²) in [6.45, 7) is 1.24. The van der Waals surface area contributed by atoms with Crippen LogP contribution >= 0.6 is 11.3 Å². The average Bonchev–Trinajstić information content (AvgIpc) is 2.76. The lowest BCUT2D eigenvalue weighted by atomic mass is 10.5. The molecule has 0 aliphatic heterocycles. The Labute approximate surface area is 80.1 Å². The number of hydrogen-bond donors (Lipinski definition) is 1. The van der Waals surface area contributed by atoms with E-state index in [9.17, 15) is 0 Å². The number of aromatic nitrogens is 3. The van der Waals surface area contributed by atoms with Crippen LogP contribution in [0.3, 0.4) is 0 Å². The third-order valence-corrected chi connectivity index (χ3v) is 2.54. The van der Waals surface area contributed by atoms with Gasteiger partial charge < -0.3 is 10.3 Å². The molecule has 0 saturated heterocycles. The van der Waals surface area contributed by atoms with E-state index in [-0.39, 0.29) is 0 Å². The molecule has 2 aromatic rings. The predicted octanol–water partition coefficient (Wildman–Crippen LogP) is 0.847. The number of rotatable bonds is 3. The van der Waals surface area contributed by atoms with Gasteiger partial charge in [0.2, 0.25) is 0 Å². The Bertz CT molecular complexity index is 365. The highest BCUT2D eigenvalue weighted by Gasteiger charge is 2.02. The Balaban J connectivity index is 2.18. The molecule has 0 unspecified atom stereocenters. The van der Waals surface area contributed by atoms with Gasteiger partial charge in [0.25, 0.3) is 0 Å². The molecule has 0 atom stereocenters.